The normalized spacial score (nSPS) is 29.0. The third kappa shape index (κ3) is 2.58. The van der Waals surface area contributed by atoms with E-state index in [0.717, 1.165) is 44.2 Å². The van der Waals surface area contributed by atoms with Crippen LogP contribution in [0.25, 0.3) is 0 Å². The van der Waals surface area contributed by atoms with Crippen molar-refractivity contribution in [1.29, 1.82) is 0 Å². The van der Waals surface area contributed by atoms with E-state index >= 15 is 0 Å². The van der Waals surface area contributed by atoms with Crippen LogP contribution in [0.4, 0.5) is 0 Å². The SMILES string of the molecule is O=C([C@@H]1C[C@H](N2Cc3ccccc3C2)CN1)N1CCSC1. The topological polar surface area (TPSA) is 35.6 Å². The molecule has 0 saturated carbocycles. The summed E-state index contributed by atoms with van der Waals surface area (Å²) in [5.41, 5.74) is 2.89. The highest BCUT2D eigenvalue weighted by atomic mass is 32.2. The highest BCUT2D eigenvalue weighted by Crippen LogP contribution is 2.28. The molecule has 1 amide bonds. The molecule has 1 aromatic carbocycles. The zero-order valence-electron chi connectivity index (χ0n) is 12.1. The van der Waals surface area contributed by atoms with Crippen molar-refractivity contribution in [2.24, 2.45) is 0 Å². The van der Waals surface area contributed by atoms with Gasteiger partial charge in [-0.15, -0.1) is 11.8 Å². The first-order valence-electron chi connectivity index (χ1n) is 7.72. The average molecular weight is 303 g/mol. The van der Waals surface area contributed by atoms with Gasteiger partial charge in [-0.25, -0.2) is 0 Å². The lowest BCUT2D eigenvalue weighted by molar-refractivity contribution is -0.131. The zero-order chi connectivity index (χ0) is 14.2. The predicted octanol–water partition coefficient (Wildman–Crippen LogP) is 1.27. The van der Waals surface area contributed by atoms with Crippen LogP contribution in [-0.2, 0) is 17.9 Å². The number of amides is 1. The molecule has 3 aliphatic heterocycles. The first-order valence-corrected chi connectivity index (χ1v) is 8.87. The van der Waals surface area contributed by atoms with Gasteiger partial charge in [-0.1, -0.05) is 24.3 Å². The summed E-state index contributed by atoms with van der Waals surface area (Å²) >= 11 is 1.85. The number of fused-ring (bicyclic) bond motifs is 1. The fraction of sp³-hybridized carbons (Fsp3) is 0.562. The van der Waals surface area contributed by atoms with Crippen molar-refractivity contribution in [3.63, 3.8) is 0 Å². The van der Waals surface area contributed by atoms with Gasteiger partial charge in [-0.3, -0.25) is 9.69 Å². The number of carbonyl (C=O) groups is 1. The van der Waals surface area contributed by atoms with Gasteiger partial charge in [0.1, 0.15) is 0 Å². The summed E-state index contributed by atoms with van der Waals surface area (Å²) in [6.45, 7) is 3.92. The maximum Gasteiger partial charge on any atom is 0.240 e. The van der Waals surface area contributed by atoms with Crippen LogP contribution in [0.2, 0.25) is 0 Å². The number of carbonyl (C=O) groups excluding carboxylic acids is 1. The van der Waals surface area contributed by atoms with Gasteiger partial charge in [0.15, 0.2) is 0 Å². The third-order valence-electron chi connectivity index (χ3n) is 4.85. The standard InChI is InChI=1S/C16H21N3OS/c20-16(18-5-6-21-11-18)15-7-14(8-17-15)19-9-12-3-1-2-4-13(12)10-19/h1-4,14-15,17H,5-11H2/t14-,15-/m0/s1. The van der Waals surface area contributed by atoms with Gasteiger partial charge >= 0.3 is 0 Å². The van der Waals surface area contributed by atoms with E-state index in [2.05, 4.69) is 34.5 Å². The molecular formula is C16H21N3OS. The Morgan fingerprint density at radius 1 is 1.24 bits per heavy atom. The molecule has 5 heteroatoms. The number of nitrogens with zero attached hydrogens (tertiary/aromatic N) is 2. The van der Waals surface area contributed by atoms with E-state index in [0.29, 0.717) is 11.9 Å². The second-order valence-corrected chi connectivity index (χ2v) is 7.24. The molecule has 1 N–H and O–H groups in total. The highest BCUT2D eigenvalue weighted by molar-refractivity contribution is 7.99. The van der Waals surface area contributed by atoms with Gasteiger partial charge < -0.3 is 10.2 Å². The molecule has 0 radical (unpaired) electrons. The van der Waals surface area contributed by atoms with Crippen LogP contribution in [0.3, 0.4) is 0 Å². The fourth-order valence-corrected chi connectivity index (χ4v) is 4.56. The number of benzene rings is 1. The summed E-state index contributed by atoms with van der Waals surface area (Å²) in [5.74, 6) is 2.26. The molecule has 3 heterocycles. The summed E-state index contributed by atoms with van der Waals surface area (Å²) in [6.07, 6.45) is 0.952. The molecule has 112 valence electrons. The van der Waals surface area contributed by atoms with Crippen LogP contribution in [0.1, 0.15) is 17.5 Å². The van der Waals surface area contributed by atoms with Crippen molar-refractivity contribution in [2.45, 2.75) is 31.6 Å². The van der Waals surface area contributed by atoms with E-state index in [1.807, 2.05) is 16.7 Å². The van der Waals surface area contributed by atoms with Crippen LogP contribution in [-0.4, -0.2) is 52.5 Å². The number of nitrogens with one attached hydrogen (secondary N) is 1. The maximum atomic E-state index is 12.5. The minimum absolute atomic E-state index is 0.0254. The van der Waals surface area contributed by atoms with Gasteiger partial charge in [-0.2, -0.15) is 0 Å². The summed E-state index contributed by atoms with van der Waals surface area (Å²) in [5, 5.41) is 3.44. The summed E-state index contributed by atoms with van der Waals surface area (Å²) in [7, 11) is 0. The number of rotatable bonds is 2. The van der Waals surface area contributed by atoms with Crippen molar-refractivity contribution in [3.8, 4) is 0 Å². The second-order valence-electron chi connectivity index (χ2n) is 6.16. The molecule has 0 unspecified atom stereocenters. The molecule has 2 fully saturated rings. The van der Waals surface area contributed by atoms with Gasteiger partial charge in [-0.05, 0) is 17.5 Å². The van der Waals surface area contributed by atoms with Crippen molar-refractivity contribution >= 4 is 17.7 Å². The summed E-state index contributed by atoms with van der Waals surface area (Å²) in [6, 6.07) is 9.20. The molecule has 4 nitrogen and oxygen atoms in total. The van der Waals surface area contributed by atoms with Crippen LogP contribution in [0.5, 0.6) is 0 Å². The van der Waals surface area contributed by atoms with Crippen LogP contribution in [0.15, 0.2) is 24.3 Å². The Bertz CT molecular complexity index is 519. The Labute approximate surface area is 129 Å². The Balaban J connectivity index is 1.38. The fourth-order valence-electron chi connectivity index (χ4n) is 3.61. The monoisotopic (exact) mass is 303 g/mol. The average Bonchev–Trinajstić information content (AvgIpc) is 3.24. The van der Waals surface area contributed by atoms with Gasteiger partial charge in [0.05, 0.1) is 11.9 Å². The molecule has 0 aliphatic carbocycles. The van der Waals surface area contributed by atoms with Crippen molar-refractivity contribution in [2.75, 3.05) is 24.7 Å². The first kappa shape index (κ1) is 13.6. The Morgan fingerprint density at radius 2 is 2.00 bits per heavy atom. The van der Waals surface area contributed by atoms with Crippen LogP contribution < -0.4 is 5.32 Å². The third-order valence-corrected chi connectivity index (χ3v) is 5.82. The molecule has 4 rings (SSSR count). The largest absolute Gasteiger partial charge is 0.331 e. The highest BCUT2D eigenvalue weighted by Gasteiger charge is 2.37. The number of thioether (sulfide) groups is 1. The minimum atomic E-state index is 0.0254. The Morgan fingerprint density at radius 3 is 2.67 bits per heavy atom. The van der Waals surface area contributed by atoms with E-state index < -0.39 is 0 Å². The van der Waals surface area contributed by atoms with Crippen LogP contribution in [0, 0.1) is 0 Å². The molecule has 1 aromatic rings. The Kier molecular flexibility index (Phi) is 3.65. The summed E-state index contributed by atoms with van der Waals surface area (Å²) in [4.78, 5) is 17.0. The first-order chi connectivity index (χ1) is 10.3. The molecule has 21 heavy (non-hydrogen) atoms. The van der Waals surface area contributed by atoms with Gasteiger partial charge in [0.25, 0.3) is 0 Å². The number of hydrogen-bond donors (Lipinski definition) is 1. The Hall–Kier alpha value is -1.04. The molecule has 0 bridgehead atoms. The molecule has 2 saturated heterocycles. The lowest BCUT2D eigenvalue weighted by Gasteiger charge is -2.23. The van der Waals surface area contributed by atoms with Crippen molar-refractivity contribution < 1.29 is 4.79 Å². The molecule has 3 aliphatic rings. The minimum Gasteiger partial charge on any atom is -0.331 e. The van der Waals surface area contributed by atoms with Gasteiger partial charge in [0.2, 0.25) is 5.91 Å². The number of hydrogen-bond acceptors (Lipinski definition) is 4. The zero-order valence-corrected chi connectivity index (χ0v) is 12.9. The van der Waals surface area contributed by atoms with Crippen molar-refractivity contribution in [3.05, 3.63) is 35.4 Å². The molecular weight excluding hydrogens is 282 g/mol. The van der Waals surface area contributed by atoms with E-state index in [9.17, 15) is 4.79 Å². The lowest BCUT2D eigenvalue weighted by atomic mass is 10.1. The predicted molar refractivity (Wildman–Crippen MR) is 84.9 cm³/mol. The van der Waals surface area contributed by atoms with Crippen LogP contribution >= 0.6 is 11.8 Å². The molecule has 0 spiro atoms. The van der Waals surface area contributed by atoms with E-state index in [4.69, 9.17) is 0 Å². The lowest BCUT2D eigenvalue weighted by Crippen LogP contribution is -2.42. The summed E-state index contributed by atoms with van der Waals surface area (Å²) < 4.78 is 0. The second kappa shape index (κ2) is 5.63. The molecule has 2 atom stereocenters. The maximum absolute atomic E-state index is 12.5. The molecule has 0 aromatic heterocycles. The van der Waals surface area contributed by atoms with E-state index in [-0.39, 0.29) is 6.04 Å². The van der Waals surface area contributed by atoms with E-state index in [1.54, 1.807) is 0 Å². The van der Waals surface area contributed by atoms with E-state index in [1.165, 1.54) is 11.1 Å². The quantitative estimate of drug-likeness (QED) is 0.892. The van der Waals surface area contributed by atoms with Crippen molar-refractivity contribution in [1.82, 2.24) is 15.1 Å². The smallest absolute Gasteiger partial charge is 0.240 e. The van der Waals surface area contributed by atoms with Gasteiger partial charge in [0, 0.05) is 38.0 Å².